The first-order valence-corrected chi connectivity index (χ1v) is 7.35. The van der Waals surface area contributed by atoms with E-state index in [2.05, 4.69) is 0 Å². The summed E-state index contributed by atoms with van der Waals surface area (Å²) in [6.07, 6.45) is -0.0850. The number of carboxylic acid groups (broad SMARTS) is 2. The van der Waals surface area contributed by atoms with Gasteiger partial charge < -0.3 is 15.9 Å². The number of halogens is 1. The van der Waals surface area contributed by atoms with Crippen molar-refractivity contribution in [3.05, 3.63) is 58.6 Å². The number of carbonyl (C=O) groups is 2. The zero-order valence-corrected chi connectivity index (χ0v) is 13.0. The smallest absolute Gasteiger partial charge is 0.335 e. The SMILES string of the molecule is NC[C@H](CC(=O)O)c1ccc(Cl)cc1-c1ccc(C(=O)O)cc1. The van der Waals surface area contributed by atoms with Crippen LogP contribution >= 0.6 is 11.6 Å². The summed E-state index contributed by atoms with van der Waals surface area (Å²) in [4.78, 5) is 22.0. The number of rotatable bonds is 6. The Balaban J connectivity index is 2.49. The minimum atomic E-state index is -1.01. The van der Waals surface area contributed by atoms with Crippen LogP contribution in [0.5, 0.6) is 0 Å². The Morgan fingerprint density at radius 3 is 2.26 bits per heavy atom. The molecule has 0 aromatic heterocycles. The molecule has 120 valence electrons. The van der Waals surface area contributed by atoms with Crippen LogP contribution in [-0.4, -0.2) is 28.7 Å². The minimum Gasteiger partial charge on any atom is -0.481 e. The van der Waals surface area contributed by atoms with Crippen LogP contribution in [0.3, 0.4) is 0 Å². The monoisotopic (exact) mass is 333 g/mol. The van der Waals surface area contributed by atoms with Gasteiger partial charge in [-0.3, -0.25) is 4.79 Å². The van der Waals surface area contributed by atoms with E-state index in [0.29, 0.717) is 5.02 Å². The normalized spacial score (nSPS) is 11.9. The van der Waals surface area contributed by atoms with Crippen LogP contribution in [0.2, 0.25) is 5.02 Å². The van der Waals surface area contributed by atoms with Crippen LogP contribution in [0.1, 0.15) is 28.3 Å². The second kappa shape index (κ2) is 7.26. The van der Waals surface area contributed by atoms with Crippen LogP contribution in [0.15, 0.2) is 42.5 Å². The van der Waals surface area contributed by atoms with Gasteiger partial charge in [0.15, 0.2) is 0 Å². The van der Waals surface area contributed by atoms with Gasteiger partial charge in [-0.25, -0.2) is 4.79 Å². The van der Waals surface area contributed by atoms with Crippen molar-refractivity contribution in [3.63, 3.8) is 0 Å². The highest BCUT2D eigenvalue weighted by atomic mass is 35.5. The third-order valence-electron chi connectivity index (χ3n) is 3.60. The average Bonchev–Trinajstić information content (AvgIpc) is 2.52. The van der Waals surface area contributed by atoms with Gasteiger partial charge in [0.1, 0.15) is 0 Å². The fourth-order valence-electron chi connectivity index (χ4n) is 2.46. The van der Waals surface area contributed by atoms with Crippen LogP contribution in [0, 0.1) is 0 Å². The molecular formula is C17H16ClNO4. The molecule has 0 amide bonds. The maximum absolute atomic E-state index is 11.0. The van der Waals surface area contributed by atoms with E-state index in [1.807, 2.05) is 0 Å². The van der Waals surface area contributed by atoms with Crippen LogP contribution in [0.25, 0.3) is 11.1 Å². The Hall–Kier alpha value is -2.37. The number of nitrogens with two attached hydrogens (primary N) is 1. The highest BCUT2D eigenvalue weighted by Crippen LogP contribution is 2.33. The molecule has 1 atom stereocenters. The lowest BCUT2D eigenvalue weighted by Crippen LogP contribution is -2.17. The van der Waals surface area contributed by atoms with E-state index in [0.717, 1.165) is 16.7 Å². The van der Waals surface area contributed by atoms with E-state index in [4.69, 9.17) is 27.5 Å². The van der Waals surface area contributed by atoms with Gasteiger partial charge in [-0.1, -0.05) is 29.8 Å². The first-order chi connectivity index (χ1) is 10.9. The second-order valence-electron chi connectivity index (χ2n) is 5.14. The Kier molecular flexibility index (Phi) is 5.36. The molecular weight excluding hydrogens is 318 g/mol. The molecule has 5 nitrogen and oxygen atoms in total. The lowest BCUT2D eigenvalue weighted by molar-refractivity contribution is -0.137. The van der Waals surface area contributed by atoms with Gasteiger partial charge in [0, 0.05) is 10.9 Å². The molecule has 2 aromatic carbocycles. The lowest BCUT2D eigenvalue weighted by atomic mass is 9.88. The molecule has 0 bridgehead atoms. The Morgan fingerprint density at radius 1 is 1.09 bits per heavy atom. The Labute approximate surface area is 138 Å². The molecule has 4 N–H and O–H groups in total. The molecule has 0 aliphatic carbocycles. The van der Waals surface area contributed by atoms with Crippen molar-refractivity contribution >= 4 is 23.5 Å². The van der Waals surface area contributed by atoms with E-state index in [1.54, 1.807) is 30.3 Å². The number of aliphatic carboxylic acids is 1. The van der Waals surface area contributed by atoms with Crippen molar-refractivity contribution in [2.24, 2.45) is 5.73 Å². The van der Waals surface area contributed by atoms with Crippen LogP contribution in [0.4, 0.5) is 0 Å². The lowest BCUT2D eigenvalue weighted by Gasteiger charge is -2.18. The first-order valence-electron chi connectivity index (χ1n) is 6.97. The molecule has 6 heteroatoms. The van der Waals surface area contributed by atoms with Crippen LogP contribution < -0.4 is 5.73 Å². The van der Waals surface area contributed by atoms with Gasteiger partial charge in [0.2, 0.25) is 0 Å². The molecule has 0 heterocycles. The van der Waals surface area contributed by atoms with Gasteiger partial charge >= 0.3 is 11.9 Å². The largest absolute Gasteiger partial charge is 0.481 e. The fraction of sp³-hybridized carbons (Fsp3) is 0.176. The molecule has 0 aliphatic heterocycles. The highest BCUT2D eigenvalue weighted by Gasteiger charge is 2.18. The van der Waals surface area contributed by atoms with Crippen molar-refractivity contribution in [1.29, 1.82) is 0 Å². The second-order valence-corrected chi connectivity index (χ2v) is 5.58. The number of carboxylic acids is 2. The number of benzene rings is 2. The van der Waals surface area contributed by atoms with Crippen molar-refractivity contribution < 1.29 is 19.8 Å². The van der Waals surface area contributed by atoms with E-state index in [9.17, 15) is 9.59 Å². The standard InChI is InChI=1S/C17H16ClNO4/c18-13-5-6-14(12(9-19)7-16(20)21)15(8-13)10-1-3-11(4-2-10)17(22)23/h1-6,8,12H,7,9,19H2,(H,20,21)(H,22,23)/t12-/m0/s1. The summed E-state index contributed by atoms with van der Waals surface area (Å²) in [6.45, 7) is 0.189. The summed E-state index contributed by atoms with van der Waals surface area (Å²) in [6, 6.07) is 11.5. The van der Waals surface area contributed by atoms with E-state index in [-0.39, 0.29) is 24.4 Å². The average molecular weight is 334 g/mol. The van der Waals surface area contributed by atoms with Gasteiger partial charge in [0.25, 0.3) is 0 Å². The Bertz CT molecular complexity index is 728. The topological polar surface area (TPSA) is 101 Å². The molecule has 0 aliphatic rings. The zero-order valence-electron chi connectivity index (χ0n) is 12.2. The van der Waals surface area contributed by atoms with E-state index in [1.165, 1.54) is 12.1 Å². The first kappa shape index (κ1) is 17.0. The fourth-order valence-corrected chi connectivity index (χ4v) is 2.63. The van der Waals surface area contributed by atoms with Crippen molar-refractivity contribution in [1.82, 2.24) is 0 Å². The van der Waals surface area contributed by atoms with Gasteiger partial charge in [-0.15, -0.1) is 0 Å². The van der Waals surface area contributed by atoms with E-state index < -0.39 is 11.9 Å². The quantitative estimate of drug-likeness (QED) is 0.753. The molecule has 0 unspecified atom stereocenters. The van der Waals surface area contributed by atoms with Crippen molar-refractivity contribution in [3.8, 4) is 11.1 Å². The van der Waals surface area contributed by atoms with Gasteiger partial charge in [0.05, 0.1) is 12.0 Å². The predicted molar refractivity (Wildman–Crippen MR) is 87.9 cm³/mol. The Morgan fingerprint density at radius 2 is 1.74 bits per heavy atom. The maximum atomic E-state index is 11.0. The van der Waals surface area contributed by atoms with E-state index >= 15 is 0 Å². The van der Waals surface area contributed by atoms with Gasteiger partial charge in [-0.05, 0) is 47.5 Å². The third kappa shape index (κ3) is 4.09. The molecule has 0 spiro atoms. The summed E-state index contributed by atoms with van der Waals surface area (Å²) in [5, 5.41) is 18.5. The molecule has 0 radical (unpaired) electrons. The van der Waals surface area contributed by atoms with Crippen molar-refractivity contribution in [2.45, 2.75) is 12.3 Å². The number of aromatic carboxylic acids is 1. The molecule has 0 saturated carbocycles. The molecule has 2 aromatic rings. The molecule has 0 fully saturated rings. The third-order valence-corrected chi connectivity index (χ3v) is 3.84. The number of hydrogen-bond acceptors (Lipinski definition) is 3. The summed E-state index contributed by atoms with van der Waals surface area (Å²) < 4.78 is 0. The minimum absolute atomic E-state index is 0.0850. The molecule has 0 saturated heterocycles. The molecule has 2 rings (SSSR count). The summed E-state index contributed by atoms with van der Waals surface area (Å²) >= 11 is 6.06. The van der Waals surface area contributed by atoms with Gasteiger partial charge in [-0.2, -0.15) is 0 Å². The molecule has 23 heavy (non-hydrogen) atoms. The number of hydrogen-bond donors (Lipinski definition) is 3. The zero-order chi connectivity index (χ0) is 17.0. The maximum Gasteiger partial charge on any atom is 0.335 e. The summed E-state index contributed by atoms with van der Waals surface area (Å²) in [5.74, 6) is -2.28. The van der Waals surface area contributed by atoms with Crippen LogP contribution in [-0.2, 0) is 4.79 Å². The predicted octanol–water partition coefficient (Wildman–Crippen LogP) is 3.22. The highest BCUT2D eigenvalue weighted by molar-refractivity contribution is 6.30. The summed E-state index contributed by atoms with van der Waals surface area (Å²) in [5.41, 5.74) is 8.20. The van der Waals surface area contributed by atoms with Crippen molar-refractivity contribution in [2.75, 3.05) is 6.54 Å². The summed E-state index contributed by atoms with van der Waals surface area (Å²) in [7, 11) is 0.